The Hall–Kier alpha value is -2.44. The summed E-state index contributed by atoms with van der Waals surface area (Å²) in [6.07, 6.45) is 0.852. The van der Waals surface area contributed by atoms with Gasteiger partial charge in [-0.25, -0.2) is 9.18 Å². The van der Waals surface area contributed by atoms with E-state index in [0.717, 1.165) is 50.4 Å². The summed E-state index contributed by atoms with van der Waals surface area (Å²) >= 11 is 0. The van der Waals surface area contributed by atoms with E-state index in [1.54, 1.807) is 12.1 Å². The third-order valence-corrected chi connectivity index (χ3v) is 5.44. The fraction of sp³-hybridized carbons (Fsp3) is 0.409. The number of benzene rings is 2. The molecule has 0 aromatic heterocycles. The third-order valence-electron chi connectivity index (χ3n) is 5.44. The molecule has 1 aliphatic heterocycles. The number of hydrogen-bond donors (Lipinski definition) is 2. The SMILES string of the molecule is O=C(NCc1ccccc1CN1CCOCC1)NC1CC1c1cccc(F)c1. The predicted molar refractivity (Wildman–Crippen MR) is 105 cm³/mol. The third kappa shape index (κ3) is 4.88. The second-order valence-electron chi connectivity index (χ2n) is 7.49. The van der Waals surface area contributed by atoms with Crippen LogP contribution in [0.5, 0.6) is 0 Å². The molecule has 0 spiro atoms. The summed E-state index contributed by atoms with van der Waals surface area (Å²) < 4.78 is 18.8. The van der Waals surface area contributed by atoms with Crippen molar-refractivity contribution in [2.24, 2.45) is 0 Å². The largest absolute Gasteiger partial charge is 0.379 e. The number of amides is 2. The lowest BCUT2D eigenvalue weighted by Gasteiger charge is -2.27. The van der Waals surface area contributed by atoms with Crippen LogP contribution >= 0.6 is 0 Å². The number of urea groups is 1. The topological polar surface area (TPSA) is 53.6 Å². The Morgan fingerprint density at radius 2 is 1.89 bits per heavy atom. The maximum atomic E-state index is 13.3. The Balaban J connectivity index is 1.27. The number of carbonyl (C=O) groups excluding carboxylic acids is 1. The van der Waals surface area contributed by atoms with E-state index < -0.39 is 0 Å². The lowest BCUT2D eigenvalue weighted by Crippen LogP contribution is -2.38. The minimum Gasteiger partial charge on any atom is -0.379 e. The molecule has 1 saturated carbocycles. The summed E-state index contributed by atoms with van der Waals surface area (Å²) in [6.45, 7) is 4.78. The molecule has 4 rings (SSSR count). The van der Waals surface area contributed by atoms with E-state index in [1.165, 1.54) is 11.6 Å². The highest BCUT2D eigenvalue weighted by atomic mass is 19.1. The Labute approximate surface area is 164 Å². The molecule has 2 aromatic rings. The van der Waals surface area contributed by atoms with Crippen LogP contribution in [0.25, 0.3) is 0 Å². The van der Waals surface area contributed by atoms with Gasteiger partial charge >= 0.3 is 6.03 Å². The maximum absolute atomic E-state index is 13.3. The standard InChI is InChI=1S/C22H26FN3O2/c23-19-7-3-6-16(12-19)20-13-21(20)25-22(27)24-14-17-4-1-2-5-18(17)15-26-8-10-28-11-9-26/h1-7,12,20-21H,8-11,13-15H2,(H2,24,25,27). The highest BCUT2D eigenvalue weighted by Gasteiger charge is 2.39. The van der Waals surface area contributed by atoms with Crippen LogP contribution in [0.2, 0.25) is 0 Å². The van der Waals surface area contributed by atoms with Crippen molar-refractivity contribution in [3.05, 3.63) is 71.0 Å². The second-order valence-corrected chi connectivity index (χ2v) is 7.49. The predicted octanol–water partition coefficient (Wildman–Crippen LogP) is 3.01. The lowest BCUT2D eigenvalue weighted by atomic mass is 10.1. The van der Waals surface area contributed by atoms with Crippen LogP contribution in [0, 0.1) is 5.82 Å². The van der Waals surface area contributed by atoms with Crippen molar-refractivity contribution in [3.63, 3.8) is 0 Å². The van der Waals surface area contributed by atoms with Crippen LogP contribution < -0.4 is 10.6 Å². The molecule has 0 radical (unpaired) electrons. The number of morpholine rings is 1. The van der Waals surface area contributed by atoms with Gasteiger partial charge in [0.25, 0.3) is 0 Å². The van der Waals surface area contributed by atoms with Gasteiger partial charge in [0, 0.05) is 38.1 Å². The number of nitrogens with one attached hydrogen (secondary N) is 2. The highest BCUT2D eigenvalue weighted by molar-refractivity contribution is 5.75. The van der Waals surface area contributed by atoms with E-state index >= 15 is 0 Å². The monoisotopic (exact) mass is 383 g/mol. The number of halogens is 1. The molecule has 1 heterocycles. The molecule has 2 unspecified atom stereocenters. The van der Waals surface area contributed by atoms with Gasteiger partial charge in [0.15, 0.2) is 0 Å². The summed E-state index contributed by atoms with van der Waals surface area (Å²) in [4.78, 5) is 14.7. The van der Waals surface area contributed by atoms with Gasteiger partial charge in [0.05, 0.1) is 13.2 Å². The van der Waals surface area contributed by atoms with Crippen molar-refractivity contribution < 1.29 is 13.9 Å². The van der Waals surface area contributed by atoms with Gasteiger partial charge in [0.1, 0.15) is 5.82 Å². The van der Waals surface area contributed by atoms with Gasteiger partial charge in [-0.1, -0.05) is 36.4 Å². The Morgan fingerprint density at radius 3 is 2.68 bits per heavy atom. The average molecular weight is 383 g/mol. The fourth-order valence-electron chi connectivity index (χ4n) is 3.74. The molecule has 2 amide bonds. The Bertz CT molecular complexity index is 823. The van der Waals surface area contributed by atoms with Crippen molar-refractivity contribution in [1.82, 2.24) is 15.5 Å². The van der Waals surface area contributed by atoms with E-state index in [-0.39, 0.29) is 23.8 Å². The zero-order chi connectivity index (χ0) is 19.3. The molecule has 0 bridgehead atoms. The quantitative estimate of drug-likeness (QED) is 0.806. The lowest BCUT2D eigenvalue weighted by molar-refractivity contribution is 0.0341. The van der Waals surface area contributed by atoms with Crippen LogP contribution in [-0.4, -0.2) is 43.3 Å². The zero-order valence-electron chi connectivity index (χ0n) is 15.9. The summed E-state index contributed by atoms with van der Waals surface area (Å²) in [7, 11) is 0. The molecule has 5 nitrogen and oxygen atoms in total. The normalized spacial score (nSPS) is 21.9. The van der Waals surface area contributed by atoms with E-state index in [2.05, 4.69) is 27.7 Å². The first kappa shape index (κ1) is 18.9. The van der Waals surface area contributed by atoms with Crippen LogP contribution in [0.3, 0.4) is 0 Å². The number of ether oxygens (including phenoxy) is 1. The van der Waals surface area contributed by atoms with Gasteiger partial charge in [-0.05, 0) is 35.2 Å². The minimum atomic E-state index is -0.232. The molecule has 2 atom stereocenters. The van der Waals surface area contributed by atoms with Crippen molar-refractivity contribution in [2.75, 3.05) is 26.3 Å². The van der Waals surface area contributed by atoms with Gasteiger partial charge < -0.3 is 15.4 Å². The van der Waals surface area contributed by atoms with Crippen molar-refractivity contribution in [2.45, 2.75) is 31.5 Å². The minimum absolute atomic E-state index is 0.0744. The smallest absolute Gasteiger partial charge is 0.315 e. The Kier molecular flexibility index (Phi) is 5.88. The van der Waals surface area contributed by atoms with Crippen molar-refractivity contribution in [1.29, 1.82) is 0 Å². The fourth-order valence-corrected chi connectivity index (χ4v) is 3.74. The first-order valence-corrected chi connectivity index (χ1v) is 9.86. The highest BCUT2D eigenvalue weighted by Crippen LogP contribution is 2.40. The molecule has 148 valence electrons. The molecule has 6 heteroatoms. The summed E-state index contributed by atoms with van der Waals surface area (Å²) in [6, 6.07) is 14.7. The molecule has 2 aromatic carbocycles. The van der Waals surface area contributed by atoms with E-state index in [9.17, 15) is 9.18 Å². The molecule has 1 saturated heterocycles. The maximum Gasteiger partial charge on any atom is 0.315 e. The van der Waals surface area contributed by atoms with Gasteiger partial charge in [-0.15, -0.1) is 0 Å². The molecule has 1 aliphatic carbocycles. The molecule has 2 aliphatic rings. The molecular formula is C22H26FN3O2. The van der Waals surface area contributed by atoms with E-state index in [4.69, 9.17) is 4.74 Å². The first-order valence-electron chi connectivity index (χ1n) is 9.86. The average Bonchev–Trinajstić information content (AvgIpc) is 3.47. The molecular weight excluding hydrogens is 357 g/mol. The molecule has 2 N–H and O–H groups in total. The van der Waals surface area contributed by atoms with Crippen LogP contribution in [-0.2, 0) is 17.8 Å². The first-order chi connectivity index (χ1) is 13.7. The second kappa shape index (κ2) is 8.71. The number of nitrogens with zero attached hydrogens (tertiary/aromatic N) is 1. The van der Waals surface area contributed by atoms with Crippen molar-refractivity contribution in [3.8, 4) is 0 Å². The van der Waals surface area contributed by atoms with Crippen molar-refractivity contribution >= 4 is 6.03 Å². The van der Waals surface area contributed by atoms with Crippen LogP contribution in [0.15, 0.2) is 48.5 Å². The van der Waals surface area contributed by atoms with Crippen LogP contribution in [0.4, 0.5) is 9.18 Å². The van der Waals surface area contributed by atoms with E-state index in [0.29, 0.717) is 6.54 Å². The summed E-state index contributed by atoms with van der Waals surface area (Å²) in [5.41, 5.74) is 3.30. The zero-order valence-corrected chi connectivity index (χ0v) is 15.9. The summed E-state index contributed by atoms with van der Waals surface area (Å²) in [5, 5.41) is 5.96. The summed E-state index contributed by atoms with van der Waals surface area (Å²) in [5.74, 6) is -0.0282. The molecule has 28 heavy (non-hydrogen) atoms. The van der Waals surface area contributed by atoms with Gasteiger partial charge in [0.2, 0.25) is 0 Å². The number of rotatable bonds is 6. The number of carbonyl (C=O) groups is 1. The van der Waals surface area contributed by atoms with Gasteiger partial charge in [-0.2, -0.15) is 0 Å². The van der Waals surface area contributed by atoms with Crippen LogP contribution in [0.1, 0.15) is 29.0 Å². The van der Waals surface area contributed by atoms with Gasteiger partial charge in [-0.3, -0.25) is 4.90 Å². The van der Waals surface area contributed by atoms with E-state index in [1.807, 2.05) is 18.2 Å². The molecule has 2 fully saturated rings. The number of hydrogen-bond acceptors (Lipinski definition) is 3. The Morgan fingerprint density at radius 1 is 1.11 bits per heavy atom.